The van der Waals surface area contributed by atoms with Gasteiger partial charge in [-0.3, -0.25) is 0 Å². The maximum Gasteiger partial charge on any atom is 0.376 e. The van der Waals surface area contributed by atoms with Crippen LogP contribution < -0.4 is 11.1 Å². The SMILES string of the molecule is COC(=O)c1nccc(NCCc2ccc(N)cc2)n1. The van der Waals surface area contributed by atoms with E-state index in [1.807, 2.05) is 24.3 Å². The van der Waals surface area contributed by atoms with Crippen LogP contribution in [-0.4, -0.2) is 29.6 Å². The zero-order valence-corrected chi connectivity index (χ0v) is 11.2. The molecule has 0 saturated carbocycles. The Labute approximate surface area is 117 Å². The summed E-state index contributed by atoms with van der Waals surface area (Å²) in [6, 6.07) is 9.41. The minimum absolute atomic E-state index is 0.0463. The summed E-state index contributed by atoms with van der Waals surface area (Å²) in [5.41, 5.74) is 7.55. The minimum Gasteiger partial charge on any atom is -0.463 e. The Kier molecular flexibility index (Phi) is 4.49. The lowest BCUT2D eigenvalue weighted by Gasteiger charge is -2.06. The number of benzene rings is 1. The highest BCUT2D eigenvalue weighted by Crippen LogP contribution is 2.07. The third kappa shape index (κ3) is 3.68. The number of nitrogens with two attached hydrogens (primary N) is 1. The number of anilines is 2. The predicted molar refractivity (Wildman–Crippen MR) is 76.4 cm³/mol. The highest BCUT2D eigenvalue weighted by Gasteiger charge is 2.09. The summed E-state index contributed by atoms with van der Waals surface area (Å²) in [5, 5.41) is 3.14. The van der Waals surface area contributed by atoms with Crippen molar-refractivity contribution in [3.05, 3.63) is 47.9 Å². The first-order chi connectivity index (χ1) is 9.69. The molecule has 0 unspecified atom stereocenters. The van der Waals surface area contributed by atoms with Crippen molar-refractivity contribution in [2.45, 2.75) is 6.42 Å². The van der Waals surface area contributed by atoms with E-state index in [2.05, 4.69) is 20.0 Å². The summed E-state index contributed by atoms with van der Waals surface area (Å²) < 4.78 is 4.57. The van der Waals surface area contributed by atoms with Gasteiger partial charge in [0, 0.05) is 18.4 Å². The number of nitrogen functional groups attached to an aromatic ring is 1. The second-order valence-corrected chi connectivity index (χ2v) is 4.18. The van der Waals surface area contributed by atoms with Crippen LogP contribution in [0.5, 0.6) is 0 Å². The molecule has 1 aromatic heterocycles. The van der Waals surface area contributed by atoms with Crippen molar-refractivity contribution >= 4 is 17.5 Å². The summed E-state index contributed by atoms with van der Waals surface area (Å²) in [6.07, 6.45) is 2.35. The van der Waals surface area contributed by atoms with E-state index in [0.29, 0.717) is 12.4 Å². The van der Waals surface area contributed by atoms with Crippen LogP contribution in [0.3, 0.4) is 0 Å². The number of nitrogens with zero attached hydrogens (tertiary/aromatic N) is 2. The van der Waals surface area contributed by atoms with Gasteiger partial charge >= 0.3 is 5.97 Å². The van der Waals surface area contributed by atoms with E-state index < -0.39 is 5.97 Å². The van der Waals surface area contributed by atoms with Crippen molar-refractivity contribution in [1.29, 1.82) is 0 Å². The molecule has 6 nitrogen and oxygen atoms in total. The van der Waals surface area contributed by atoms with Gasteiger partial charge in [-0.1, -0.05) is 12.1 Å². The Balaban J connectivity index is 1.91. The number of hydrogen-bond donors (Lipinski definition) is 2. The van der Waals surface area contributed by atoms with Gasteiger partial charge in [0.05, 0.1) is 7.11 Å². The van der Waals surface area contributed by atoms with Crippen molar-refractivity contribution in [3.63, 3.8) is 0 Å². The summed E-state index contributed by atoms with van der Waals surface area (Å²) in [4.78, 5) is 19.2. The molecule has 0 fully saturated rings. The van der Waals surface area contributed by atoms with Gasteiger partial charge in [0.2, 0.25) is 5.82 Å². The highest BCUT2D eigenvalue weighted by molar-refractivity contribution is 5.85. The summed E-state index contributed by atoms with van der Waals surface area (Å²) in [7, 11) is 1.30. The zero-order chi connectivity index (χ0) is 14.4. The van der Waals surface area contributed by atoms with Crippen LogP contribution >= 0.6 is 0 Å². The van der Waals surface area contributed by atoms with Crippen LogP contribution in [0.1, 0.15) is 16.2 Å². The number of nitrogens with one attached hydrogen (secondary N) is 1. The van der Waals surface area contributed by atoms with E-state index >= 15 is 0 Å². The molecule has 2 aromatic rings. The fraction of sp³-hybridized carbons (Fsp3) is 0.214. The van der Waals surface area contributed by atoms with Gasteiger partial charge in [0.25, 0.3) is 0 Å². The second kappa shape index (κ2) is 6.51. The number of carbonyl (C=O) groups excluding carboxylic acids is 1. The number of carbonyl (C=O) groups is 1. The molecule has 0 bridgehead atoms. The summed E-state index contributed by atoms with van der Waals surface area (Å²) in [5.74, 6) is 0.0908. The Morgan fingerprint density at radius 3 is 2.75 bits per heavy atom. The average Bonchev–Trinajstić information content (AvgIpc) is 2.49. The van der Waals surface area contributed by atoms with Crippen LogP contribution in [0.15, 0.2) is 36.5 Å². The zero-order valence-electron chi connectivity index (χ0n) is 11.2. The van der Waals surface area contributed by atoms with Crippen molar-refractivity contribution in [3.8, 4) is 0 Å². The minimum atomic E-state index is -0.549. The highest BCUT2D eigenvalue weighted by atomic mass is 16.5. The van der Waals surface area contributed by atoms with Crippen LogP contribution in [-0.2, 0) is 11.2 Å². The molecule has 2 rings (SSSR count). The van der Waals surface area contributed by atoms with Crippen molar-refractivity contribution < 1.29 is 9.53 Å². The second-order valence-electron chi connectivity index (χ2n) is 4.18. The lowest BCUT2D eigenvalue weighted by atomic mass is 10.1. The summed E-state index contributed by atoms with van der Waals surface area (Å²) >= 11 is 0. The Bertz CT molecular complexity index is 584. The van der Waals surface area contributed by atoms with Gasteiger partial charge in [0.15, 0.2) is 0 Å². The monoisotopic (exact) mass is 272 g/mol. The molecule has 3 N–H and O–H groups in total. The van der Waals surface area contributed by atoms with Crippen molar-refractivity contribution in [2.24, 2.45) is 0 Å². The molecule has 0 aliphatic rings. The van der Waals surface area contributed by atoms with E-state index in [9.17, 15) is 4.79 Å². The number of hydrogen-bond acceptors (Lipinski definition) is 6. The van der Waals surface area contributed by atoms with E-state index in [-0.39, 0.29) is 5.82 Å². The number of ether oxygens (including phenoxy) is 1. The normalized spacial score (nSPS) is 10.1. The molecule has 0 spiro atoms. The van der Waals surface area contributed by atoms with Crippen molar-refractivity contribution in [1.82, 2.24) is 9.97 Å². The lowest BCUT2D eigenvalue weighted by molar-refractivity contribution is 0.0587. The van der Waals surface area contributed by atoms with Gasteiger partial charge in [-0.2, -0.15) is 0 Å². The molecule has 0 aliphatic carbocycles. The standard InChI is InChI=1S/C14H16N4O2/c1-20-14(19)13-17-9-7-12(18-13)16-8-6-10-2-4-11(15)5-3-10/h2-5,7,9H,6,8,15H2,1H3,(H,16,17,18). The number of esters is 1. The third-order valence-corrected chi connectivity index (χ3v) is 2.72. The number of rotatable bonds is 5. The first-order valence-electron chi connectivity index (χ1n) is 6.18. The Morgan fingerprint density at radius 2 is 2.05 bits per heavy atom. The molecule has 0 atom stereocenters. The lowest BCUT2D eigenvalue weighted by Crippen LogP contribution is -2.11. The van der Waals surface area contributed by atoms with E-state index in [1.54, 1.807) is 6.07 Å². The van der Waals surface area contributed by atoms with Crippen LogP contribution in [0, 0.1) is 0 Å². The Morgan fingerprint density at radius 1 is 1.30 bits per heavy atom. The number of aromatic nitrogens is 2. The molecule has 0 aliphatic heterocycles. The maximum absolute atomic E-state index is 11.3. The quantitative estimate of drug-likeness (QED) is 0.633. The largest absolute Gasteiger partial charge is 0.463 e. The topological polar surface area (TPSA) is 90.1 Å². The van der Waals surface area contributed by atoms with Gasteiger partial charge in [0.1, 0.15) is 5.82 Å². The first-order valence-corrected chi connectivity index (χ1v) is 6.18. The molecule has 0 saturated heterocycles. The molecule has 0 amide bonds. The predicted octanol–water partition coefficient (Wildman–Crippen LogP) is 1.50. The molecular formula is C14H16N4O2. The Hall–Kier alpha value is -2.63. The number of methoxy groups -OCH3 is 1. The average molecular weight is 272 g/mol. The van der Waals surface area contributed by atoms with E-state index in [0.717, 1.165) is 12.1 Å². The molecule has 1 aromatic carbocycles. The molecule has 20 heavy (non-hydrogen) atoms. The van der Waals surface area contributed by atoms with Gasteiger partial charge in [-0.15, -0.1) is 0 Å². The van der Waals surface area contributed by atoms with Crippen molar-refractivity contribution in [2.75, 3.05) is 24.7 Å². The fourth-order valence-electron chi connectivity index (χ4n) is 1.67. The molecule has 104 valence electrons. The summed E-state index contributed by atoms with van der Waals surface area (Å²) in [6.45, 7) is 0.696. The van der Waals surface area contributed by atoms with Crippen LogP contribution in [0.2, 0.25) is 0 Å². The van der Waals surface area contributed by atoms with Gasteiger partial charge in [-0.05, 0) is 30.2 Å². The van der Waals surface area contributed by atoms with Crippen LogP contribution in [0.4, 0.5) is 11.5 Å². The van der Waals surface area contributed by atoms with E-state index in [1.165, 1.54) is 18.9 Å². The molecule has 0 radical (unpaired) electrons. The van der Waals surface area contributed by atoms with Crippen LogP contribution in [0.25, 0.3) is 0 Å². The van der Waals surface area contributed by atoms with Gasteiger partial charge in [-0.25, -0.2) is 14.8 Å². The molecule has 6 heteroatoms. The third-order valence-electron chi connectivity index (χ3n) is 2.72. The smallest absolute Gasteiger partial charge is 0.376 e. The van der Waals surface area contributed by atoms with E-state index in [4.69, 9.17) is 5.73 Å². The van der Waals surface area contributed by atoms with Gasteiger partial charge < -0.3 is 15.8 Å². The molecular weight excluding hydrogens is 256 g/mol. The fourth-order valence-corrected chi connectivity index (χ4v) is 1.67. The molecule has 1 heterocycles. The maximum atomic E-state index is 11.3. The first kappa shape index (κ1) is 13.8.